The van der Waals surface area contributed by atoms with E-state index >= 15 is 0 Å². The molecule has 2 aliphatic heterocycles. The lowest BCUT2D eigenvalue weighted by Gasteiger charge is -2.32. The van der Waals surface area contributed by atoms with Gasteiger partial charge in [-0.3, -0.25) is 9.59 Å². The number of nitrogens with zero attached hydrogens (tertiary/aromatic N) is 1. The quantitative estimate of drug-likeness (QED) is 0.796. The van der Waals surface area contributed by atoms with Gasteiger partial charge in [0.1, 0.15) is 0 Å². The summed E-state index contributed by atoms with van der Waals surface area (Å²) >= 11 is 0. The van der Waals surface area contributed by atoms with Crippen LogP contribution >= 0.6 is 0 Å². The number of sulfone groups is 1. The molecule has 4 rings (SSSR count). The van der Waals surface area contributed by atoms with Crippen LogP contribution in [0.5, 0.6) is 0 Å². The summed E-state index contributed by atoms with van der Waals surface area (Å²) in [5.74, 6) is 0.00362. The Balaban J connectivity index is 1.44. The molecule has 1 aromatic carbocycles. The molecule has 2 saturated heterocycles. The largest absolute Gasteiger partial charge is 0.349 e. The number of nitrogens with one attached hydrogen (secondary N) is 1. The van der Waals surface area contributed by atoms with Crippen LogP contribution in [0.1, 0.15) is 56.6 Å². The summed E-state index contributed by atoms with van der Waals surface area (Å²) < 4.78 is 23.6. The molecule has 158 valence electrons. The first-order chi connectivity index (χ1) is 13.9. The fraction of sp³-hybridized carbons (Fsp3) is 0.636. The van der Waals surface area contributed by atoms with Crippen molar-refractivity contribution >= 4 is 21.7 Å². The number of rotatable bonds is 5. The van der Waals surface area contributed by atoms with Crippen molar-refractivity contribution in [3.05, 3.63) is 35.9 Å². The predicted octanol–water partition coefficient (Wildman–Crippen LogP) is 2.46. The van der Waals surface area contributed by atoms with E-state index in [0.717, 1.165) is 18.4 Å². The van der Waals surface area contributed by atoms with Gasteiger partial charge < -0.3 is 10.2 Å². The average Bonchev–Trinajstić information content (AvgIpc) is 3.29. The topological polar surface area (TPSA) is 83.6 Å². The van der Waals surface area contributed by atoms with Crippen molar-refractivity contribution in [3.8, 4) is 0 Å². The highest BCUT2D eigenvalue weighted by Gasteiger charge is 2.42. The molecule has 0 aromatic heterocycles. The second-order valence-corrected chi connectivity index (χ2v) is 11.0. The molecule has 7 heteroatoms. The molecular formula is C22H30N2O4S. The molecule has 1 saturated carbocycles. The Morgan fingerprint density at radius 3 is 2.45 bits per heavy atom. The summed E-state index contributed by atoms with van der Waals surface area (Å²) in [5, 5.41) is 3.26. The van der Waals surface area contributed by atoms with E-state index in [9.17, 15) is 18.0 Å². The molecule has 1 aliphatic carbocycles. The van der Waals surface area contributed by atoms with Gasteiger partial charge in [-0.2, -0.15) is 0 Å². The smallest absolute Gasteiger partial charge is 0.225 e. The maximum Gasteiger partial charge on any atom is 0.225 e. The summed E-state index contributed by atoms with van der Waals surface area (Å²) in [6.45, 7) is 0.330. The van der Waals surface area contributed by atoms with Crippen LogP contribution in [-0.2, 0) is 19.4 Å². The van der Waals surface area contributed by atoms with Crippen molar-refractivity contribution in [3.63, 3.8) is 0 Å². The minimum atomic E-state index is -3.06. The first kappa shape index (κ1) is 20.4. The molecule has 2 amide bonds. The zero-order chi connectivity index (χ0) is 20.4. The minimum absolute atomic E-state index is 0.0278. The van der Waals surface area contributed by atoms with Crippen LogP contribution in [0.15, 0.2) is 30.3 Å². The Bertz CT molecular complexity index is 849. The molecule has 3 fully saturated rings. The Kier molecular flexibility index (Phi) is 5.95. The predicted molar refractivity (Wildman–Crippen MR) is 111 cm³/mol. The molecule has 3 atom stereocenters. The summed E-state index contributed by atoms with van der Waals surface area (Å²) in [7, 11) is -3.06. The standard InChI is InChI=1S/C22H30N2O4S/c25-20-13-18(14-24(20)19-11-12-29(27,28)15-19)22(26)23-21(16-7-3-1-4-8-16)17-9-5-2-6-10-17/h1,3-4,7-8,17-19,21H,2,5-6,9-15H2,(H,23,26)/t18-,19-,21+/m0/s1. The van der Waals surface area contributed by atoms with Crippen LogP contribution in [-0.4, -0.2) is 49.2 Å². The van der Waals surface area contributed by atoms with Crippen molar-refractivity contribution < 1.29 is 18.0 Å². The van der Waals surface area contributed by atoms with Gasteiger partial charge in [0.15, 0.2) is 9.84 Å². The first-order valence-electron chi connectivity index (χ1n) is 10.8. The monoisotopic (exact) mass is 418 g/mol. The van der Waals surface area contributed by atoms with Gasteiger partial charge >= 0.3 is 0 Å². The normalized spacial score (nSPS) is 28.4. The number of benzene rings is 1. The summed E-state index contributed by atoms with van der Waals surface area (Å²) in [4.78, 5) is 27.2. The van der Waals surface area contributed by atoms with Gasteiger partial charge in [0.25, 0.3) is 0 Å². The van der Waals surface area contributed by atoms with Gasteiger partial charge in [0, 0.05) is 19.0 Å². The van der Waals surface area contributed by atoms with Crippen LogP contribution in [0, 0.1) is 11.8 Å². The van der Waals surface area contributed by atoms with Gasteiger partial charge in [0.2, 0.25) is 11.8 Å². The van der Waals surface area contributed by atoms with E-state index in [1.807, 2.05) is 18.2 Å². The van der Waals surface area contributed by atoms with Gasteiger partial charge in [-0.05, 0) is 30.7 Å². The van der Waals surface area contributed by atoms with Gasteiger partial charge in [-0.1, -0.05) is 49.6 Å². The maximum absolute atomic E-state index is 13.1. The minimum Gasteiger partial charge on any atom is -0.349 e. The van der Waals surface area contributed by atoms with Gasteiger partial charge in [-0.15, -0.1) is 0 Å². The Labute approximate surface area is 173 Å². The molecule has 0 radical (unpaired) electrons. The molecule has 0 unspecified atom stereocenters. The SMILES string of the molecule is O=C(N[C@H](c1ccccc1)C1CCCCC1)[C@H]1CC(=O)N([C@H]2CCS(=O)(=O)C2)C1. The lowest BCUT2D eigenvalue weighted by Crippen LogP contribution is -2.41. The van der Waals surface area contributed by atoms with E-state index in [1.54, 1.807) is 4.90 Å². The van der Waals surface area contributed by atoms with Gasteiger partial charge in [-0.25, -0.2) is 8.42 Å². The maximum atomic E-state index is 13.1. The number of carbonyl (C=O) groups excluding carboxylic acids is 2. The van der Waals surface area contributed by atoms with Crippen molar-refractivity contribution in [2.45, 2.75) is 57.0 Å². The van der Waals surface area contributed by atoms with E-state index in [1.165, 1.54) is 19.3 Å². The number of hydrogen-bond acceptors (Lipinski definition) is 4. The van der Waals surface area contributed by atoms with Crippen molar-refractivity contribution in [1.82, 2.24) is 10.2 Å². The van der Waals surface area contributed by atoms with Crippen LogP contribution < -0.4 is 5.32 Å². The van der Waals surface area contributed by atoms with E-state index < -0.39 is 15.8 Å². The second-order valence-electron chi connectivity index (χ2n) is 8.80. The molecule has 2 heterocycles. The molecule has 1 aromatic rings. The third kappa shape index (κ3) is 4.65. The van der Waals surface area contributed by atoms with Crippen molar-refractivity contribution in [2.24, 2.45) is 11.8 Å². The van der Waals surface area contributed by atoms with Crippen molar-refractivity contribution in [1.29, 1.82) is 0 Å². The van der Waals surface area contributed by atoms with Gasteiger partial charge in [0.05, 0.1) is 23.5 Å². The Morgan fingerprint density at radius 1 is 1.07 bits per heavy atom. The lowest BCUT2D eigenvalue weighted by molar-refractivity contribution is -0.130. The zero-order valence-corrected chi connectivity index (χ0v) is 17.6. The van der Waals surface area contributed by atoms with E-state index in [-0.39, 0.29) is 41.8 Å². The third-order valence-electron chi connectivity index (χ3n) is 6.76. The molecule has 6 nitrogen and oxygen atoms in total. The number of carbonyl (C=O) groups is 2. The molecule has 29 heavy (non-hydrogen) atoms. The molecule has 3 aliphatic rings. The average molecular weight is 419 g/mol. The van der Waals surface area contributed by atoms with Crippen LogP contribution in [0.4, 0.5) is 0 Å². The summed E-state index contributed by atoms with van der Waals surface area (Å²) in [6.07, 6.45) is 6.50. The van der Waals surface area contributed by atoms with E-state index in [4.69, 9.17) is 0 Å². The Hall–Kier alpha value is -1.89. The number of hydrogen-bond donors (Lipinski definition) is 1. The third-order valence-corrected chi connectivity index (χ3v) is 8.51. The first-order valence-corrected chi connectivity index (χ1v) is 12.6. The summed E-state index contributed by atoms with van der Waals surface area (Å²) in [5.41, 5.74) is 1.12. The highest BCUT2D eigenvalue weighted by Crippen LogP contribution is 2.35. The van der Waals surface area contributed by atoms with E-state index in [2.05, 4.69) is 17.4 Å². The fourth-order valence-electron chi connectivity index (χ4n) is 5.15. The van der Waals surface area contributed by atoms with Crippen LogP contribution in [0.2, 0.25) is 0 Å². The molecule has 1 N–H and O–H groups in total. The summed E-state index contributed by atoms with van der Waals surface area (Å²) in [6, 6.07) is 9.81. The highest BCUT2D eigenvalue weighted by atomic mass is 32.2. The van der Waals surface area contributed by atoms with Crippen molar-refractivity contribution in [2.75, 3.05) is 18.1 Å². The number of amides is 2. The molecule has 0 spiro atoms. The number of likely N-dealkylation sites (tertiary alicyclic amines) is 1. The molecule has 0 bridgehead atoms. The van der Waals surface area contributed by atoms with E-state index in [0.29, 0.717) is 18.9 Å². The molecular weight excluding hydrogens is 388 g/mol. The van der Waals surface area contributed by atoms with Crippen LogP contribution in [0.25, 0.3) is 0 Å². The Morgan fingerprint density at radius 2 is 1.79 bits per heavy atom. The second kappa shape index (κ2) is 8.46. The lowest BCUT2D eigenvalue weighted by atomic mass is 9.81. The highest BCUT2D eigenvalue weighted by molar-refractivity contribution is 7.91. The fourth-order valence-corrected chi connectivity index (χ4v) is 6.88. The van der Waals surface area contributed by atoms with Crippen LogP contribution in [0.3, 0.4) is 0 Å². The zero-order valence-electron chi connectivity index (χ0n) is 16.8.